The van der Waals surface area contributed by atoms with E-state index in [-0.39, 0.29) is 16.8 Å². The first kappa shape index (κ1) is 16.4. The smallest absolute Gasteiger partial charge is 0.136 e. The number of hydrogen-bond acceptors (Lipinski definition) is 3. The molecule has 0 bridgehead atoms. The van der Waals surface area contributed by atoms with E-state index >= 15 is 0 Å². The van der Waals surface area contributed by atoms with E-state index in [9.17, 15) is 4.55 Å². The van der Waals surface area contributed by atoms with E-state index in [1.54, 1.807) is 6.07 Å². The third-order valence-electron chi connectivity index (χ3n) is 3.35. The lowest BCUT2D eigenvalue weighted by molar-refractivity contribution is 0.490. The van der Waals surface area contributed by atoms with Crippen molar-refractivity contribution in [2.45, 2.75) is 44.0 Å². The molecule has 2 N–H and O–H groups in total. The first-order chi connectivity index (χ1) is 9.30. The van der Waals surface area contributed by atoms with E-state index in [0.29, 0.717) is 10.0 Å². The zero-order valence-electron chi connectivity index (χ0n) is 11.9. The lowest BCUT2D eigenvalue weighted by atomic mass is 10.0. The normalized spacial score (nSPS) is 24.9. The number of halogens is 2. The summed E-state index contributed by atoms with van der Waals surface area (Å²) in [6, 6.07) is 5.75. The van der Waals surface area contributed by atoms with Crippen LogP contribution >= 0.6 is 23.2 Å². The monoisotopic (exact) mass is 334 g/mol. The van der Waals surface area contributed by atoms with Crippen LogP contribution in [0, 0.1) is 0 Å². The van der Waals surface area contributed by atoms with Crippen LogP contribution in [0.3, 0.4) is 0 Å². The molecular formula is C14H20Cl2N2OS. The summed E-state index contributed by atoms with van der Waals surface area (Å²) in [7, 11) is 0. The zero-order chi connectivity index (χ0) is 14.9. The fraction of sp³-hybridized carbons (Fsp3) is 0.571. The molecule has 112 valence electrons. The predicted octanol–water partition coefficient (Wildman–Crippen LogP) is 3.45. The highest BCUT2D eigenvalue weighted by molar-refractivity contribution is 7.90. The maximum atomic E-state index is 12.3. The summed E-state index contributed by atoms with van der Waals surface area (Å²) in [6.45, 7) is 6.74. The average Bonchev–Trinajstić information content (AvgIpc) is 2.79. The predicted molar refractivity (Wildman–Crippen MR) is 86.6 cm³/mol. The number of benzene rings is 1. The second kappa shape index (κ2) is 6.42. The van der Waals surface area contributed by atoms with E-state index < -0.39 is 11.4 Å². The Hall–Kier alpha value is 0.0300. The molecule has 1 unspecified atom stereocenters. The Morgan fingerprint density at radius 3 is 2.70 bits per heavy atom. The Kier molecular flexibility index (Phi) is 5.27. The first-order valence-electron chi connectivity index (χ1n) is 6.66. The largest absolute Gasteiger partial charge is 0.598 e. The van der Waals surface area contributed by atoms with E-state index in [1.807, 2.05) is 32.9 Å². The van der Waals surface area contributed by atoms with Gasteiger partial charge in [0.15, 0.2) is 0 Å². The van der Waals surface area contributed by atoms with E-state index in [4.69, 9.17) is 23.2 Å². The third kappa shape index (κ3) is 3.62. The lowest BCUT2D eigenvalue weighted by Crippen LogP contribution is -2.46. The minimum Gasteiger partial charge on any atom is -0.598 e. The maximum absolute atomic E-state index is 12.3. The van der Waals surface area contributed by atoms with Crippen molar-refractivity contribution in [1.82, 2.24) is 10.0 Å². The molecule has 2 rings (SSSR count). The Morgan fingerprint density at radius 1 is 1.35 bits per heavy atom. The van der Waals surface area contributed by atoms with Gasteiger partial charge in [0.2, 0.25) is 0 Å². The fourth-order valence-corrected chi connectivity index (χ4v) is 3.54. The molecule has 3 nitrogen and oxygen atoms in total. The number of nitrogens with one attached hydrogen (secondary N) is 2. The molecule has 0 radical (unpaired) electrons. The van der Waals surface area contributed by atoms with E-state index in [0.717, 1.165) is 18.5 Å². The average molecular weight is 335 g/mol. The van der Waals surface area contributed by atoms with Crippen molar-refractivity contribution in [1.29, 1.82) is 0 Å². The van der Waals surface area contributed by atoms with Crippen molar-refractivity contribution in [3.05, 3.63) is 33.8 Å². The Bertz CT molecular complexity index is 479. The molecule has 0 aromatic heterocycles. The number of rotatable bonds is 3. The van der Waals surface area contributed by atoms with Crippen molar-refractivity contribution >= 4 is 34.6 Å². The van der Waals surface area contributed by atoms with E-state index in [1.165, 1.54) is 0 Å². The van der Waals surface area contributed by atoms with Crippen molar-refractivity contribution in [2.24, 2.45) is 0 Å². The Morgan fingerprint density at radius 2 is 2.05 bits per heavy atom. The van der Waals surface area contributed by atoms with Gasteiger partial charge in [-0.1, -0.05) is 35.3 Å². The molecule has 1 heterocycles. The van der Waals surface area contributed by atoms with Gasteiger partial charge >= 0.3 is 0 Å². The first-order valence-corrected chi connectivity index (χ1v) is 8.56. The molecule has 1 aromatic rings. The third-order valence-corrected chi connectivity index (χ3v) is 5.82. The highest BCUT2D eigenvalue weighted by Crippen LogP contribution is 2.34. The van der Waals surface area contributed by atoms with Gasteiger partial charge in [-0.15, -0.1) is 4.72 Å². The molecular weight excluding hydrogens is 315 g/mol. The van der Waals surface area contributed by atoms with Gasteiger partial charge in [-0.3, -0.25) is 0 Å². The second-order valence-corrected chi connectivity index (χ2v) is 8.75. The second-order valence-electron chi connectivity index (χ2n) is 5.97. The van der Waals surface area contributed by atoms with Crippen LogP contribution in [-0.4, -0.2) is 21.9 Å². The van der Waals surface area contributed by atoms with Gasteiger partial charge < -0.3 is 9.87 Å². The van der Waals surface area contributed by atoms with Gasteiger partial charge in [0.25, 0.3) is 0 Å². The topological polar surface area (TPSA) is 47.1 Å². The van der Waals surface area contributed by atoms with E-state index in [2.05, 4.69) is 10.0 Å². The van der Waals surface area contributed by atoms with Crippen molar-refractivity contribution in [3.8, 4) is 0 Å². The van der Waals surface area contributed by atoms with Crippen LogP contribution in [0.2, 0.25) is 10.0 Å². The zero-order valence-corrected chi connectivity index (χ0v) is 14.2. The molecule has 1 aliphatic heterocycles. The SMILES string of the molecule is CC(C)(C)[S+]([O-])N[C@@H]1CCN[C@@H]1c1cccc(Cl)c1Cl. The molecule has 0 aliphatic carbocycles. The molecule has 20 heavy (non-hydrogen) atoms. The molecule has 3 atom stereocenters. The minimum atomic E-state index is -1.10. The Balaban J connectivity index is 2.17. The van der Waals surface area contributed by atoms with Gasteiger partial charge in [-0.2, -0.15) is 0 Å². The summed E-state index contributed by atoms with van der Waals surface area (Å²) in [6.07, 6.45) is 0.912. The standard InChI is InChI=1S/C14H20Cl2N2OS/c1-14(2,3)20(19)18-11-7-8-17-13(11)9-5-4-6-10(15)12(9)16/h4-6,11,13,17-18H,7-8H2,1-3H3/t11-,13-,20?/m1/s1. The van der Waals surface area contributed by atoms with Crippen molar-refractivity contribution in [3.63, 3.8) is 0 Å². The summed E-state index contributed by atoms with van der Waals surface area (Å²) >= 11 is 11.3. The van der Waals surface area contributed by atoms with Crippen molar-refractivity contribution in [2.75, 3.05) is 6.54 Å². The molecule has 1 aliphatic rings. The van der Waals surface area contributed by atoms with Gasteiger partial charge in [-0.25, -0.2) is 0 Å². The van der Waals surface area contributed by atoms with Gasteiger partial charge in [0, 0.05) is 11.4 Å². The molecule has 6 heteroatoms. The summed E-state index contributed by atoms with van der Waals surface area (Å²) in [5.74, 6) is 0. The van der Waals surface area contributed by atoms with Crippen LogP contribution in [0.4, 0.5) is 0 Å². The van der Waals surface area contributed by atoms with Gasteiger partial charge in [0.1, 0.15) is 4.75 Å². The highest BCUT2D eigenvalue weighted by Gasteiger charge is 2.36. The summed E-state index contributed by atoms with van der Waals surface area (Å²) in [5.41, 5.74) is 0.958. The molecule has 0 saturated carbocycles. The molecule has 0 spiro atoms. The molecule has 0 amide bonds. The van der Waals surface area contributed by atoms with Crippen LogP contribution in [0.5, 0.6) is 0 Å². The van der Waals surface area contributed by atoms with Crippen LogP contribution in [-0.2, 0) is 11.4 Å². The van der Waals surface area contributed by atoms with Gasteiger partial charge in [-0.05, 0) is 45.4 Å². The van der Waals surface area contributed by atoms with Crippen LogP contribution in [0.1, 0.15) is 38.8 Å². The van der Waals surface area contributed by atoms with Crippen LogP contribution in [0.25, 0.3) is 0 Å². The maximum Gasteiger partial charge on any atom is 0.136 e. The number of hydrogen-bond donors (Lipinski definition) is 2. The highest BCUT2D eigenvalue weighted by atomic mass is 35.5. The Labute approximate surface area is 133 Å². The minimum absolute atomic E-state index is 0.0347. The summed E-state index contributed by atoms with van der Waals surface area (Å²) < 4.78 is 15.2. The summed E-state index contributed by atoms with van der Waals surface area (Å²) in [5, 5.41) is 4.53. The van der Waals surface area contributed by atoms with Gasteiger partial charge in [0.05, 0.1) is 22.1 Å². The van der Waals surface area contributed by atoms with Crippen LogP contribution < -0.4 is 10.0 Å². The molecule has 1 saturated heterocycles. The lowest BCUT2D eigenvalue weighted by Gasteiger charge is -2.29. The fourth-order valence-electron chi connectivity index (χ4n) is 2.23. The molecule has 1 aromatic carbocycles. The summed E-state index contributed by atoms with van der Waals surface area (Å²) in [4.78, 5) is 0. The molecule has 1 fully saturated rings. The van der Waals surface area contributed by atoms with Crippen molar-refractivity contribution < 1.29 is 4.55 Å². The van der Waals surface area contributed by atoms with Crippen LogP contribution in [0.15, 0.2) is 18.2 Å². The quantitative estimate of drug-likeness (QED) is 0.832.